The molecule has 3 aliphatic rings. The Morgan fingerprint density at radius 2 is 2.00 bits per heavy atom. The van der Waals surface area contributed by atoms with Crippen LogP contribution in [0, 0.1) is 5.41 Å². The van der Waals surface area contributed by atoms with Gasteiger partial charge in [-0.15, -0.1) is 0 Å². The molecule has 0 aromatic carbocycles. The zero-order chi connectivity index (χ0) is 22.1. The molecule has 3 aliphatic heterocycles. The number of piperidine rings is 1. The summed E-state index contributed by atoms with van der Waals surface area (Å²) in [6.07, 6.45) is 9.06. The molecule has 3 fully saturated rings. The number of ether oxygens (including phenoxy) is 1. The number of aromatic nitrogens is 3. The van der Waals surface area contributed by atoms with Crippen molar-refractivity contribution < 1.29 is 9.84 Å². The third kappa shape index (κ3) is 4.42. The van der Waals surface area contributed by atoms with Crippen LogP contribution in [0.3, 0.4) is 0 Å². The average molecular weight is 494 g/mol. The van der Waals surface area contributed by atoms with Gasteiger partial charge in [0, 0.05) is 49.1 Å². The van der Waals surface area contributed by atoms with Crippen LogP contribution in [0.4, 0.5) is 11.6 Å². The first kappa shape index (κ1) is 22.5. The second kappa shape index (κ2) is 9.54. The van der Waals surface area contributed by atoms with Gasteiger partial charge in [0.15, 0.2) is 5.82 Å². The highest BCUT2D eigenvalue weighted by atomic mass is 35.5. The van der Waals surface area contributed by atoms with Gasteiger partial charge in [-0.05, 0) is 37.0 Å². The fraction of sp³-hybridized carbons (Fsp3) is 0.591. The van der Waals surface area contributed by atoms with Crippen molar-refractivity contribution in [1.82, 2.24) is 15.0 Å². The minimum Gasteiger partial charge on any atom is -0.390 e. The highest BCUT2D eigenvalue weighted by Gasteiger charge is 2.38. The Kier molecular flexibility index (Phi) is 6.72. The monoisotopic (exact) mass is 493 g/mol. The summed E-state index contributed by atoms with van der Waals surface area (Å²) < 4.78 is 5.64. The molecule has 5 heterocycles. The van der Waals surface area contributed by atoms with Crippen molar-refractivity contribution in [2.24, 2.45) is 5.41 Å². The molecule has 7 nitrogen and oxygen atoms in total. The number of thioether (sulfide) groups is 1. The van der Waals surface area contributed by atoms with Crippen LogP contribution in [-0.4, -0.2) is 71.0 Å². The first-order chi connectivity index (χ1) is 15.6. The Bertz CT molecular complexity index is 959. The molecule has 3 saturated heterocycles. The van der Waals surface area contributed by atoms with Crippen LogP contribution < -0.4 is 9.80 Å². The summed E-state index contributed by atoms with van der Waals surface area (Å²) in [5.41, 5.74) is 0.950. The van der Waals surface area contributed by atoms with Crippen LogP contribution in [0.2, 0.25) is 5.02 Å². The molecule has 1 spiro atoms. The van der Waals surface area contributed by atoms with Crippen LogP contribution in [-0.2, 0) is 11.3 Å². The summed E-state index contributed by atoms with van der Waals surface area (Å²) in [6.45, 7) is 5.39. The zero-order valence-corrected chi connectivity index (χ0v) is 20.6. The summed E-state index contributed by atoms with van der Waals surface area (Å²) >= 11 is 10.0. The van der Waals surface area contributed by atoms with Crippen LogP contribution >= 0.6 is 35.1 Å². The van der Waals surface area contributed by atoms with Gasteiger partial charge in [-0.25, -0.2) is 15.0 Å². The van der Waals surface area contributed by atoms with Crippen molar-refractivity contribution in [1.29, 1.82) is 0 Å². The molecular weight excluding hydrogens is 466 g/mol. The van der Waals surface area contributed by atoms with Gasteiger partial charge in [0.1, 0.15) is 16.5 Å². The lowest BCUT2D eigenvalue weighted by Crippen LogP contribution is -2.49. The van der Waals surface area contributed by atoms with Crippen molar-refractivity contribution in [3.8, 4) is 0 Å². The van der Waals surface area contributed by atoms with Crippen LogP contribution in [0.25, 0.3) is 0 Å². The van der Waals surface area contributed by atoms with Crippen LogP contribution in [0.1, 0.15) is 25.0 Å². The Morgan fingerprint density at radius 1 is 1.19 bits per heavy atom. The number of hydrogen-bond acceptors (Lipinski definition) is 9. The zero-order valence-electron chi connectivity index (χ0n) is 18.2. The molecule has 32 heavy (non-hydrogen) atoms. The van der Waals surface area contributed by atoms with Crippen molar-refractivity contribution in [3.05, 3.63) is 29.2 Å². The van der Waals surface area contributed by atoms with Crippen molar-refractivity contribution in [2.45, 2.75) is 41.0 Å². The maximum atomic E-state index is 10.0. The lowest BCUT2D eigenvalue weighted by atomic mass is 9.78. The molecule has 0 amide bonds. The molecule has 0 aliphatic carbocycles. The number of hydrogen-bond donors (Lipinski definition) is 1. The SMILES string of the molecule is CSC1CN(c2nccc(Sc3cnc(N4CCC5(CCOC5)CC4)c(CO)n3)c2Cl)C1. The Balaban J connectivity index is 1.30. The molecule has 2 aromatic heterocycles. The highest BCUT2D eigenvalue weighted by Crippen LogP contribution is 2.41. The van der Waals surface area contributed by atoms with E-state index >= 15 is 0 Å². The Labute approximate surface area is 202 Å². The van der Waals surface area contributed by atoms with E-state index in [1.165, 1.54) is 11.8 Å². The van der Waals surface area contributed by atoms with Gasteiger partial charge in [-0.3, -0.25) is 0 Å². The molecule has 5 rings (SSSR count). The van der Waals surface area contributed by atoms with Gasteiger partial charge in [0.25, 0.3) is 0 Å². The first-order valence-corrected chi connectivity index (χ1v) is 13.5. The standard InChI is InChI=1S/C22H28ClN5O2S2/c1-31-15-11-28(12-15)21-19(23)17(2-6-24-21)32-18-10-25-20(16(13-29)26-18)27-7-3-22(4-8-27)5-9-30-14-22/h2,6,10,15,29H,3-5,7-9,11-14H2,1H3. The molecule has 10 heteroatoms. The predicted octanol–water partition coefficient (Wildman–Crippen LogP) is 3.73. The molecule has 0 radical (unpaired) electrons. The van der Waals surface area contributed by atoms with E-state index in [4.69, 9.17) is 26.3 Å². The Morgan fingerprint density at radius 3 is 2.69 bits per heavy atom. The topological polar surface area (TPSA) is 74.6 Å². The summed E-state index contributed by atoms with van der Waals surface area (Å²) in [7, 11) is 0. The van der Waals surface area contributed by atoms with Gasteiger partial charge >= 0.3 is 0 Å². The number of pyridine rings is 1. The van der Waals surface area contributed by atoms with Gasteiger partial charge < -0.3 is 19.6 Å². The maximum Gasteiger partial charge on any atom is 0.152 e. The molecule has 0 saturated carbocycles. The van der Waals surface area contributed by atoms with Crippen molar-refractivity contribution in [3.63, 3.8) is 0 Å². The number of nitrogens with zero attached hydrogens (tertiary/aromatic N) is 5. The average Bonchev–Trinajstić information content (AvgIpc) is 3.24. The number of rotatable bonds is 6. The molecule has 2 aromatic rings. The van der Waals surface area contributed by atoms with E-state index in [0.29, 0.717) is 21.4 Å². The molecule has 0 atom stereocenters. The normalized spacial score (nSPS) is 20.7. The lowest BCUT2D eigenvalue weighted by molar-refractivity contribution is 0.133. The lowest BCUT2D eigenvalue weighted by Gasteiger charge is -2.39. The van der Waals surface area contributed by atoms with E-state index < -0.39 is 0 Å². The number of aliphatic hydroxyl groups is 1. The van der Waals surface area contributed by atoms with E-state index in [1.807, 2.05) is 17.8 Å². The smallest absolute Gasteiger partial charge is 0.152 e. The van der Waals surface area contributed by atoms with Crippen LogP contribution in [0.5, 0.6) is 0 Å². The maximum absolute atomic E-state index is 10.0. The third-order valence-electron chi connectivity index (χ3n) is 6.79. The second-order valence-corrected chi connectivity index (χ2v) is 11.3. The van der Waals surface area contributed by atoms with Gasteiger partial charge in [0.2, 0.25) is 0 Å². The molecule has 172 valence electrons. The van der Waals surface area contributed by atoms with E-state index in [9.17, 15) is 5.11 Å². The summed E-state index contributed by atoms with van der Waals surface area (Å²) in [6, 6.07) is 1.91. The quantitative estimate of drug-likeness (QED) is 0.647. The largest absolute Gasteiger partial charge is 0.390 e. The predicted molar refractivity (Wildman–Crippen MR) is 130 cm³/mol. The van der Waals surface area contributed by atoms with Crippen LogP contribution in [0.15, 0.2) is 28.4 Å². The van der Waals surface area contributed by atoms with Gasteiger partial charge in [0.05, 0.1) is 24.4 Å². The van der Waals surface area contributed by atoms with E-state index in [2.05, 4.69) is 21.0 Å². The number of anilines is 2. The summed E-state index contributed by atoms with van der Waals surface area (Å²) in [5, 5.41) is 12.0. The van der Waals surface area contributed by atoms with E-state index in [-0.39, 0.29) is 6.61 Å². The molecule has 1 N–H and O–H groups in total. The number of halogens is 1. The third-order valence-corrected chi connectivity index (χ3v) is 9.21. The summed E-state index contributed by atoms with van der Waals surface area (Å²) in [4.78, 5) is 19.3. The minimum absolute atomic E-state index is 0.138. The second-order valence-electron chi connectivity index (χ2n) is 8.74. The number of aliphatic hydroxyl groups excluding tert-OH is 1. The fourth-order valence-electron chi connectivity index (χ4n) is 4.65. The van der Waals surface area contributed by atoms with Crippen molar-refractivity contribution in [2.75, 3.05) is 55.4 Å². The molecule has 0 unspecified atom stereocenters. The van der Waals surface area contributed by atoms with Gasteiger partial charge in [-0.1, -0.05) is 23.4 Å². The Hall–Kier alpha value is -1.26. The highest BCUT2D eigenvalue weighted by molar-refractivity contribution is 7.99. The summed E-state index contributed by atoms with van der Waals surface area (Å²) in [5.74, 6) is 1.61. The molecular formula is C22H28ClN5O2S2. The van der Waals surface area contributed by atoms with E-state index in [1.54, 1.807) is 12.4 Å². The molecule has 0 bridgehead atoms. The van der Waals surface area contributed by atoms with Crippen molar-refractivity contribution >= 4 is 46.8 Å². The fourth-order valence-corrected chi connectivity index (χ4v) is 6.45. The minimum atomic E-state index is -0.138. The van der Waals surface area contributed by atoms with E-state index in [0.717, 1.165) is 80.2 Å². The first-order valence-electron chi connectivity index (χ1n) is 11.0. The van der Waals surface area contributed by atoms with Gasteiger partial charge in [-0.2, -0.15) is 11.8 Å².